The molecule has 2 nitrogen and oxygen atoms in total. The van der Waals surface area contributed by atoms with Crippen LogP contribution < -0.4 is 5.32 Å². The second kappa shape index (κ2) is 5.44. The Morgan fingerprint density at radius 1 is 1.38 bits per heavy atom. The SMILES string of the molecule is CCC1CCCC1NCc1ccc(C)nc1. The molecule has 0 spiro atoms. The number of aromatic nitrogens is 1. The average molecular weight is 218 g/mol. The maximum absolute atomic E-state index is 4.32. The number of nitrogens with zero attached hydrogens (tertiary/aromatic N) is 1. The highest BCUT2D eigenvalue weighted by Gasteiger charge is 2.24. The summed E-state index contributed by atoms with van der Waals surface area (Å²) < 4.78 is 0. The molecule has 2 rings (SSSR count). The van der Waals surface area contributed by atoms with Gasteiger partial charge in [-0.15, -0.1) is 0 Å². The van der Waals surface area contributed by atoms with E-state index < -0.39 is 0 Å². The van der Waals surface area contributed by atoms with E-state index in [0.29, 0.717) is 0 Å². The van der Waals surface area contributed by atoms with Gasteiger partial charge in [0.15, 0.2) is 0 Å². The van der Waals surface area contributed by atoms with Crippen LogP contribution in [-0.4, -0.2) is 11.0 Å². The van der Waals surface area contributed by atoms with Gasteiger partial charge >= 0.3 is 0 Å². The van der Waals surface area contributed by atoms with Gasteiger partial charge in [-0.25, -0.2) is 0 Å². The van der Waals surface area contributed by atoms with Crippen molar-refractivity contribution in [3.8, 4) is 0 Å². The van der Waals surface area contributed by atoms with Crippen LogP contribution in [0, 0.1) is 12.8 Å². The first kappa shape index (κ1) is 11.6. The lowest BCUT2D eigenvalue weighted by Crippen LogP contribution is -2.31. The molecule has 1 aromatic rings. The lowest BCUT2D eigenvalue weighted by Gasteiger charge is -2.19. The molecule has 0 radical (unpaired) electrons. The number of aryl methyl sites for hydroxylation is 1. The molecular weight excluding hydrogens is 196 g/mol. The molecule has 0 aromatic carbocycles. The standard InChI is InChI=1S/C14H22N2/c1-3-13-5-4-6-14(13)16-10-12-8-7-11(2)15-9-12/h7-9,13-14,16H,3-6,10H2,1-2H3. The summed E-state index contributed by atoms with van der Waals surface area (Å²) in [5.41, 5.74) is 2.39. The summed E-state index contributed by atoms with van der Waals surface area (Å²) in [7, 11) is 0. The normalized spacial score (nSPS) is 24.9. The van der Waals surface area contributed by atoms with E-state index >= 15 is 0 Å². The molecule has 1 fully saturated rings. The fraction of sp³-hybridized carbons (Fsp3) is 0.643. The molecule has 1 heterocycles. The molecule has 16 heavy (non-hydrogen) atoms. The molecular formula is C14H22N2. The van der Waals surface area contributed by atoms with Crippen molar-refractivity contribution in [3.05, 3.63) is 29.6 Å². The molecule has 2 atom stereocenters. The molecule has 1 aliphatic rings. The Morgan fingerprint density at radius 2 is 2.25 bits per heavy atom. The summed E-state index contributed by atoms with van der Waals surface area (Å²) in [6.07, 6.45) is 7.43. The third-order valence-electron chi connectivity index (χ3n) is 3.72. The quantitative estimate of drug-likeness (QED) is 0.840. The fourth-order valence-electron chi connectivity index (χ4n) is 2.65. The van der Waals surface area contributed by atoms with Crippen molar-refractivity contribution >= 4 is 0 Å². The highest BCUT2D eigenvalue weighted by Crippen LogP contribution is 2.28. The van der Waals surface area contributed by atoms with Gasteiger partial charge in [-0.05, 0) is 37.3 Å². The zero-order valence-electron chi connectivity index (χ0n) is 10.4. The fourth-order valence-corrected chi connectivity index (χ4v) is 2.65. The Kier molecular flexibility index (Phi) is 3.94. The first-order chi connectivity index (χ1) is 7.79. The van der Waals surface area contributed by atoms with E-state index in [1.54, 1.807) is 0 Å². The zero-order valence-corrected chi connectivity index (χ0v) is 10.4. The van der Waals surface area contributed by atoms with Crippen LogP contribution in [0.25, 0.3) is 0 Å². The first-order valence-corrected chi connectivity index (χ1v) is 6.44. The number of nitrogens with one attached hydrogen (secondary N) is 1. The van der Waals surface area contributed by atoms with Crippen LogP contribution in [-0.2, 0) is 6.54 Å². The van der Waals surface area contributed by atoms with Crippen LogP contribution in [0.5, 0.6) is 0 Å². The maximum Gasteiger partial charge on any atom is 0.0372 e. The third kappa shape index (κ3) is 2.82. The van der Waals surface area contributed by atoms with E-state index in [1.807, 2.05) is 13.1 Å². The minimum atomic E-state index is 0.728. The monoisotopic (exact) mass is 218 g/mol. The molecule has 1 N–H and O–H groups in total. The summed E-state index contributed by atoms with van der Waals surface area (Å²) in [6.45, 7) is 5.30. The van der Waals surface area contributed by atoms with Crippen molar-refractivity contribution in [2.45, 2.75) is 52.1 Å². The van der Waals surface area contributed by atoms with Crippen molar-refractivity contribution in [2.24, 2.45) is 5.92 Å². The molecule has 0 saturated heterocycles. The highest BCUT2D eigenvalue weighted by molar-refractivity contribution is 5.13. The minimum Gasteiger partial charge on any atom is -0.310 e. The second-order valence-corrected chi connectivity index (χ2v) is 4.89. The van der Waals surface area contributed by atoms with E-state index in [0.717, 1.165) is 24.2 Å². The topological polar surface area (TPSA) is 24.9 Å². The van der Waals surface area contributed by atoms with E-state index in [9.17, 15) is 0 Å². The van der Waals surface area contributed by atoms with Crippen LogP contribution in [0.1, 0.15) is 43.9 Å². The number of rotatable bonds is 4. The van der Waals surface area contributed by atoms with Gasteiger partial charge in [0.25, 0.3) is 0 Å². The largest absolute Gasteiger partial charge is 0.310 e. The van der Waals surface area contributed by atoms with E-state index in [-0.39, 0.29) is 0 Å². The van der Waals surface area contributed by atoms with Crippen LogP contribution in [0.3, 0.4) is 0 Å². The van der Waals surface area contributed by atoms with Gasteiger partial charge in [-0.2, -0.15) is 0 Å². The third-order valence-corrected chi connectivity index (χ3v) is 3.72. The molecule has 2 unspecified atom stereocenters. The van der Waals surface area contributed by atoms with Gasteiger partial charge in [-0.1, -0.05) is 25.8 Å². The van der Waals surface area contributed by atoms with Gasteiger partial charge in [0.05, 0.1) is 0 Å². The second-order valence-electron chi connectivity index (χ2n) is 4.89. The smallest absolute Gasteiger partial charge is 0.0372 e. The summed E-state index contributed by atoms with van der Waals surface area (Å²) in [4.78, 5) is 4.32. The predicted molar refractivity (Wildman–Crippen MR) is 67.2 cm³/mol. The Hall–Kier alpha value is -0.890. The Labute approximate surface area is 98.5 Å². The summed E-state index contributed by atoms with van der Waals surface area (Å²) in [6, 6.07) is 4.99. The van der Waals surface area contributed by atoms with Crippen LogP contribution in [0.2, 0.25) is 0 Å². The van der Waals surface area contributed by atoms with E-state index in [2.05, 4.69) is 29.4 Å². The van der Waals surface area contributed by atoms with Crippen LogP contribution >= 0.6 is 0 Å². The maximum atomic E-state index is 4.32. The van der Waals surface area contributed by atoms with E-state index in [1.165, 1.54) is 31.2 Å². The molecule has 1 aromatic heterocycles. The van der Waals surface area contributed by atoms with Crippen LogP contribution in [0.4, 0.5) is 0 Å². The molecule has 1 saturated carbocycles. The van der Waals surface area contributed by atoms with Crippen molar-refractivity contribution in [2.75, 3.05) is 0 Å². The summed E-state index contributed by atoms with van der Waals surface area (Å²) in [5, 5.41) is 3.68. The van der Waals surface area contributed by atoms with Gasteiger partial charge < -0.3 is 5.32 Å². The number of hydrogen-bond donors (Lipinski definition) is 1. The lowest BCUT2D eigenvalue weighted by molar-refractivity contribution is 0.389. The van der Waals surface area contributed by atoms with Crippen molar-refractivity contribution in [3.63, 3.8) is 0 Å². The number of hydrogen-bond acceptors (Lipinski definition) is 2. The van der Waals surface area contributed by atoms with Crippen molar-refractivity contribution in [1.29, 1.82) is 0 Å². The molecule has 88 valence electrons. The number of pyridine rings is 1. The van der Waals surface area contributed by atoms with Gasteiger partial charge in [-0.3, -0.25) is 4.98 Å². The Morgan fingerprint density at radius 3 is 2.94 bits per heavy atom. The van der Waals surface area contributed by atoms with Crippen LogP contribution in [0.15, 0.2) is 18.3 Å². The molecule has 2 heteroatoms. The predicted octanol–water partition coefficient (Wildman–Crippen LogP) is 3.06. The average Bonchev–Trinajstić information content (AvgIpc) is 2.76. The van der Waals surface area contributed by atoms with E-state index in [4.69, 9.17) is 0 Å². The summed E-state index contributed by atoms with van der Waals surface area (Å²) >= 11 is 0. The van der Waals surface area contributed by atoms with Gasteiger partial charge in [0, 0.05) is 24.5 Å². The molecule has 0 amide bonds. The molecule has 1 aliphatic carbocycles. The lowest BCUT2D eigenvalue weighted by atomic mass is 10.0. The first-order valence-electron chi connectivity index (χ1n) is 6.44. The summed E-state index contributed by atoms with van der Waals surface area (Å²) in [5.74, 6) is 0.887. The zero-order chi connectivity index (χ0) is 11.4. The minimum absolute atomic E-state index is 0.728. The Balaban J connectivity index is 1.85. The van der Waals surface area contributed by atoms with Gasteiger partial charge in [0.2, 0.25) is 0 Å². The van der Waals surface area contributed by atoms with Crippen molar-refractivity contribution in [1.82, 2.24) is 10.3 Å². The highest BCUT2D eigenvalue weighted by atomic mass is 14.9. The van der Waals surface area contributed by atoms with Gasteiger partial charge in [0.1, 0.15) is 0 Å². The molecule has 0 aliphatic heterocycles. The Bertz CT molecular complexity index is 318. The molecule has 0 bridgehead atoms. The van der Waals surface area contributed by atoms with Crippen molar-refractivity contribution < 1.29 is 0 Å².